The quantitative estimate of drug-likeness (QED) is 0.208. The molecule has 1 aliphatic heterocycles. The summed E-state index contributed by atoms with van der Waals surface area (Å²) >= 11 is 6.30. The van der Waals surface area contributed by atoms with Crippen molar-refractivity contribution in [3.63, 3.8) is 0 Å². The third kappa shape index (κ3) is 6.99. The van der Waals surface area contributed by atoms with Gasteiger partial charge in [-0.2, -0.15) is 4.98 Å². The van der Waals surface area contributed by atoms with Crippen molar-refractivity contribution in [2.45, 2.75) is 70.9 Å². The molecule has 0 unspecified atom stereocenters. The number of nitrogens with one attached hydrogen (secondary N) is 1. The summed E-state index contributed by atoms with van der Waals surface area (Å²) < 4.78 is 13.5. The highest BCUT2D eigenvalue weighted by Gasteiger charge is 2.30. The van der Waals surface area contributed by atoms with Crippen LogP contribution in [0, 0.1) is 0 Å². The van der Waals surface area contributed by atoms with E-state index in [1.165, 1.54) is 0 Å². The maximum absolute atomic E-state index is 12.9. The molecule has 0 radical (unpaired) electrons. The molecule has 1 aliphatic rings. The van der Waals surface area contributed by atoms with E-state index in [1.807, 2.05) is 47.2 Å². The van der Waals surface area contributed by atoms with Gasteiger partial charge >= 0.3 is 6.09 Å². The number of fused-ring (bicyclic) bond motifs is 1. The summed E-state index contributed by atoms with van der Waals surface area (Å²) in [6, 6.07) is 12.9. The average Bonchev–Trinajstić information content (AvgIpc) is 3.24. The molecule has 1 fully saturated rings. The topological polar surface area (TPSA) is 81.5 Å². The highest BCUT2D eigenvalue weighted by Crippen LogP contribution is 2.27. The number of nitrogens with zero attached hydrogens (tertiary/aromatic N) is 4. The van der Waals surface area contributed by atoms with E-state index in [9.17, 15) is 4.79 Å². The number of hydrogen-bond acceptors (Lipinski definition) is 6. The van der Waals surface area contributed by atoms with E-state index < -0.39 is 8.07 Å². The van der Waals surface area contributed by atoms with Gasteiger partial charge in [-0.25, -0.2) is 9.78 Å². The summed E-state index contributed by atoms with van der Waals surface area (Å²) in [6.45, 7) is 11.0. The monoisotopic (exact) mass is 529 g/mol. The van der Waals surface area contributed by atoms with Crippen LogP contribution in [-0.4, -0.2) is 58.8 Å². The predicted molar refractivity (Wildman–Crippen MR) is 146 cm³/mol. The summed E-state index contributed by atoms with van der Waals surface area (Å²) in [4.78, 5) is 23.6. The minimum Gasteiger partial charge on any atom is -0.445 e. The van der Waals surface area contributed by atoms with Gasteiger partial charge in [-0.15, -0.1) is 0 Å². The lowest BCUT2D eigenvalue weighted by molar-refractivity contribution is 0.0696. The Hall–Kier alpha value is -2.62. The number of anilines is 1. The summed E-state index contributed by atoms with van der Waals surface area (Å²) in [6.07, 6.45) is 3.43. The van der Waals surface area contributed by atoms with Crippen molar-refractivity contribution in [3.8, 4) is 0 Å². The molecule has 194 valence electrons. The first kappa shape index (κ1) is 26.4. The van der Waals surface area contributed by atoms with Crippen LogP contribution in [0.5, 0.6) is 0 Å². The third-order valence-corrected chi connectivity index (χ3v) is 8.35. The highest BCUT2D eigenvalue weighted by molar-refractivity contribution is 6.76. The lowest BCUT2D eigenvalue weighted by Crippen LogP contribution is -2.49. The second kappa shape index (κ2) is 11.6. The summed E-state index contributed by atoms with van der Waals surface area (Å²) in [7, 11) is -1.15. The summed E-state index contributed by atoms with van der Waals surface area (Å²) in [5, 5.41) is 4.57. The standard InChI is InChI=1S/C26H36ClN5O3Si/c1-19-10-11-21(16-32(19)26(33)35-17-20-8-6-5-7-9-20)28-23-22-12-13-31(24(22)30-25(27)29-23)18-34-14-15-36(2,3)4/h5-9,12-13,19,21H,10-11,14-18H2,1-4H3,(H,28,29,30)/t19-,21+/m0/s1. The molecule has 36 heavy (non-hydrogen) atoms. The molecule has 0 saturated carbocycles. The number of carbonyl (C=O) groups excluding carboxylic acids is 1. The van der Waals surface area contributed by atoms with Gasteiger partial charge in [-0.3, -0.25) is 0 Å². The van der Waals surface area contributed by atoms with E-state index in [0.29, 0.717) is 19.1 Å². The number of piperidine rings is 1. The fourth-order valence-electron chi connectivity index (χ4n) is 4.27. The number of halogens is 1. The average molecular weight is 530 g/mol. The number of likely N-dealkylation sites (tertiary alicyclic amines) is 1. The van der Waals surface area contributed by atoms with Crippen LogP contribution in [0.3, 0.4) is 0 Å². The van der Waals surface area contributed by atoms with Crippen molar-refractivity contribution in [3.05, 3.63) is 53.4 Å². The Morgan fingerprint density at radius 2 is 1.94 bits per heavy atom. The van der Waals surface area contributed by atoms with Crippen molar-refractivity contribution < 1.29 is 14.3 Å². The van der Waals surface area contributed by atoms with Gasteiger partial charge in [0.1, 0.15) is 24.8 Å². The third-order valence-electron chi connectivity index (χ3n) is 6.48. The SMILES string of the molecule is C[C@H]1CC[C@@H](Nc2nc(Cl)nc3c2ccn3COCC[Si](C)(C)C)CN1C(=O)OCc1ccccc1. The van der Waals surface area contributed by atoms with Crippen LogP contribution in [0.4, 0.5) is 10.6 Å². The van der Waals surface area contributed by atoms with E-state index >= 15 is 0 Å². The van der Waals surface area contributed by atoms with E-state index in [2.05, 4.69) is 41.8 Å². The predicted octanol–water partition coefficient (Wildman–Crippen LogP) is 6.00. The van der Waals surface area contributed by atoms with Crippen LogP contribution in [0.25, 0.3) is 11.0 Å². The van der Waals surface area contributed by atoms with Crippen LogP contribution >= 0.6 is 11.6 Å². The van der Waals surface area contributed by atoms with Gasteiger partial charge in [0.05, 0.1) is 5.39 Å². The van der Waals surface area contributed by atoms with Crippen molar-refractivity contribution in [1.82, 2.24) is 19.4 Å². The van der Waals surface area contributed by atoms with Gasteiger partial charge in [0, 0.05) is 39.5 Å². The zero-order valence-electron chi connectivity index (χ0n) is 21.5. The lowest BCUT2D eigenvalue weighted by atomic mass is 10.00. The lowest BCUT2D eigenvalue weighted by Gasteiger charge is -2.37. The fraction of sp³-hybridized carbons (Fsp3) is 0.500. The molecule has 3 heterocycles. The van der Waals surface area contributed by atoms with Crippen LogP contribution in [0.15, 0.2) is 42.6 Å². The molecule has 2 aromatic heterocycles. The van der Waals surface area contributed by atoms with Gasteiger partial charge < -0.3 is 24.3 Å². The molecule has 3 aromatic rings. The number of aromatic nitrogens is 3. The number of benzene rings is 1. The van der Waals surface area contributed by atoms with Crippen LogP contribution in [-0.2, 0) is 22.8 Å². The molecular formula is C26H36ClN5O3Si. The number of ether oxygens (including phenoxy) is 2. The molecule has 4 rings (SSSR count). The maximum Gasteiger partial charge on any atom is 0.410 e. The largest absolute Gasteiger partial charge is 0.445 e. The van der Waals surface area contributed by atoms with Gasteiger partial charge in [0.15, 0.2) is 0 Å². The number of hydrogen-bond donors (Lipinski definition) is 1. The molecule has 1 N–H and O–H groups in total. The normalized spacial score (nSPS) is 18.4. The Balaban J connectivity index is 1.40. The van der Waals surface area contributed by atoms with Gasteiger partial charge in [-0.05, 0) is 49.0 Å². The van der Waals surface area contributed by atoms with E-state index in [0.717, 1.165) is 42.1 Å². The first-order chi connectivity index (χ1) is 17.2. The Bertz CT molecular complexity index is 1170. The molecule has 1 amide bonds. The number of amides is 1. The smallest absolute Gasteiger partial charge is 0.410 e. The first-order valence-electron chi connectivity index (χ1n) is 12.5. The van der Waals surface area contributed by atoms with E-state index in [-0.39, 0.29) is 30.1 Å². The minimum absolute atomic E-state index is 0.0241. The molecule has 8 nitrogen and oxygen atoms in total. The summed E-state index contributed by atoms with van der Waals surface area (Å²) in [5.41, 5.74) is 1.70. The number of carbonyl (C=O) groups is 1. The first-order valence-corrected chi connectivity index (χ1v) is 16.6. The maximum atomic E-state index is 12.9. The molecule has 1 aromatic carbocycles. The zero-order valence-corrected chi connectivity index (χ0v) is 23.3. The Kier molecular flexibility index (Phi) is 8.53. The van der Waals surface area contributed by atoms with Gasteiger partial charge in [-0.1, -0.05) is 50.0 Å². The molecule has 2 atom stereocenters. The summed E-state index contributed by atoms with van der Waals surface area (Å²) in [5.74, 6) is 0.669. The van der Waals surface area contributed by atoms with E-state index in [1.54, 1.807) is 4.90 Å². The van der Waals surface area contributed by atoms with Gasteiger partial charge in [0.2, 0.25) is 5.28 Å². The molecule has 10 heteroatoms. The van der Waals surface area contributed by atoms with Crippen molar-refractivity contribution in [2.75, 3.05) is 18.5 Å². The zero-order chi connectivity index (χ0) is 25.7. The molecular weight excluding hydrogens is 494 g/mol. The molecule has 0 bridgehead atoms. The second-order valence-corrected chi connectivity index (χ2v) is 16.6. The second-order valence-electron chi connectivity index (χ2n) is 10.7. The Labute approximate surface area is 219 Å². The number of rotatable bonds is 9. The van der Waals surface area contributed by atoms with Crippen molar-refractivity contribution in [2.24, 2.45) is 0 Å². The van der Waals surface area contributed by atoms with Crippen molar-refractivity contribution in [1.29, 1.82) is 0 Å². The molecule has 1 saturated heterocycles. The Morgan fingerprint density at radius 1 is 1.17 bits per heavy atom. The molecule has 0 aliphatic carbocycles. The Morgan fingerprint density at radius 3 is 2.69 bits per heavy atom. The van der Waals surface area contributed by atoms with Crippen LogP contribution < -0.4 is 5.32 Å². The van der Waals surface area contributed by atoms with E-state index in [4.69, 9.17) is 21.1 Å². The minimum atomic E-state index is -1.15. The fourth-order valence-corrected chi connectivity index (χ4v) is 5.19. The van der Waals surface area contributed by atoms with Gasteiger partial charge in [0.25, 0.3) is 0 Å². The molecule has 0 spiro atoms. The van der Waals surface area contributed by atoms with Crippen LogP contribution in [0.1, 0.15) is 25.3 Å². The van der Waals surface area contributed by atoms with Crippen LogP contribution in [0.2, 0.25) is 31.0 Å². The highest BCUT2D eigenvalue weighted by atomic mass is 35.5. The van der Waals surface area contributed by atoms with Crippen molar-refractivity contribution >= 4 is 42.6 Å².